The van der Waals surface area contributed by atoms with Crippen molar-refractivity contribution < 1.29 is 4.74 Å². The molecule has 0 aliphatic carbocycles. The van der Waals surface area contributed by atoms with E-state index in [1.165, 1.54) is 5.70 Å². The third-order valence-electron chi connectivity index (χ3n) is 1.63. The molecule has 2 rings (SSSR count). The van der Waals surface area contributed by atoms with Crippen LogP contribution in [-0.2, 0) is 4.74 Å². The van der Waals surface area contributed by atoms with Gasteiger partial charge in [0.1, 0.15) is 6.61 Å². The van der Waals surface area contributed by atoms with E-state index in [2.05, 4.69) is 6.08 Å². The van der Waals surface area contributed by atoms with E-state index < -0.39 is 0 Å². The lowest BCUT2D eigenvalue weighted by Gasteiger charge is -2.16. The van der Waals surface area contributed by atoms with Gasteiger partial charge in [-0.25, -0.2) is 0 Å². The largest absolute Gasteiger partial charge is 0.496 e. The van der Waals surface area contributed by atoms with Gasteiger partial charge in [-0.3, -0.25) is 0 Å². The first-order valence-corrected chi connectivity index (χ1v) is 3.58. The third kappa shape index (κ3) is 1.19. The average molecular weight is 147 g/mol. The molecule has 0 fully saturated rings. The van der Waals surface area contributed by atoms with E-state index in [9.17, 15) is 0 Å². The highest BCUT2D eigenvalue weighted by Crippen LogP contribution is 2.14. The molecule has 0 aromatic heterocycles. The summed E-state index contributed by atoms with van der Waals surface area (Å²) in [4.78, 5) is 2.02. The molecule has 56 valence electrons. The molecule has 0 unspecified atom stereocenters. The van der Waals surface area contributed by atoms with Gasteiger partial charge in [0.2, 0.25) is 0 Å². The summed E-state index contributed by atoms with van der Waals surface area (Å²) in [5, 5.41) is 0. The van der Waals surface area contributed by atoms with Crippen LogP contribution in [-0.4, -0.2) is 11.5 Å². The highest BCUT2D eigenvalue weighted by Gasteiger charge is 2.04. The first kappa shape index (κ1) is 6.28. The van der Waals surface area contributed by atoms with E-state index in [-0.39, 0.29) is 0 Å². The highest BCUT2D eigenvalue weighted by atomic mass is 16.5. The van der Waals surface area contributed by atoms with Crippen LogP contribution in [0.25, 0.3) is 0 Å². The Bertz CT molecular complexity index is 261. The van der Waals surface area contributed by atoms with Gasteiger partial charge in [-0.05, 0) is 18.2 Å². The minimum Gasteiger partial charge on any atom is -0.496 e. The molecule has 0 amide bonds. The topological polar surface area (TPSA) is 12.5 Å². The van der Waals surface area contributed by atoms with Gasteiger partial charge in [0.25, 0.3) is 0 Å². The number of nitrogens with zero attached hydrogens (tertiary/aromatic N) is 1. The van der Waals surface area contributed by atoms with E-state index in [1.54, 1.807) is 6.26 Å². The summed E-state index contributed by atoms with van der Waals surface area (Å²) in [6.45, 7) is 0.653. The Labute approximate surface area is 65.8 Å². The van der Waals surface area contributed by atoms with E-state index in [0.29, 0.717) is 6.61 Å². The van der Waals surface area contributed by atoms with Gasteiger partial charge in [0.05, 0.1) is 6.26 Å². The summed E-state index contributed by atoms with van der Waals surface area (Å²) in [5.74, 6) is 0. The van der Waals surface area contributed by atoms with E-state index in [1.807, 2.05) is 35.5 Å². The van der Waals surface area contributed by atoms with Crippen molar-refractivity contribution in [3.8, 4) is 0 Å². The molecule has 2 aliphatic rings. The standard InChI is InChI=1S/C9H9NO/c1-2-5-10-6-8-11-7-4-9(10)3-1/h1-6,8H,7H2. The summed E-state index contributed by atoms with van der Waals surface area (Å²) in [6.07, 6.45) is 13.7. The number of ether oxygens (including phenoxy) is 1. The predicted octanol–water partition coefficient (Wildman–Crippen LogP) is 1.76. The maximum absolute atomic E-state index is 5.12. The van der Waals surface area contributed by atoms with Crippen LogP contribution in [0.5, 0.6) is 0 Å². The number of allylic oxidation sites excluding steroid dienone is 3. The molecule has 2 heteroatoms. The van der Waals surface area contributed by atoms with Crippen LogP contribution in [0.2, 0.25) is 0 Å². The first-order valence-electron chi connectivity index (χ1n) is 3.58. The van der Waals surface area contributed by atoms with Gasteiger partial charge in [-0.1, -0.05) is 6.08 Å². The lowest BCUT2D eigenvalue weighted by molar-refractivity contribution is 0.289. The van der Waals surface area contributed by atoms with Crippen LogP contribution in [0, 0.1) is 0 Å². The number of rotatable bonds is 0. The average Bonchev–Trinajstić information content (AvgIpc) is 2.28. The van der Waals surface area contributed by atoms with Crippen molar-refractivity contribution in [1.29, 1.82) is 0 Å². The molecule has 0 atom stereocenters. The molecule has 0 bridgehead atoms. The third-order valence-corrected chi connectivity index (χ3v) is 1.63. The van der Waals surface area contributed by atoms with Crippen LogP contribution in [0.4, 0.5) is 0 Å². The lowest BCUT2D eigenvalue weighted by atomic mass is 10.3. The molecule has 0 radical (unpaired) electrons. The first-order chi connectivity index (χ1) is 5.47. The van der Waals surface area contributed by atoms with Gasteiger partial charge < -0.3 is 9.64 Å². The van der Waals surface area contributed by atoms with E-state index in [0.717, 1.165) is 0 Å². The Hall–Kier alpha value is -1.44. The molecular formula is C9H9NO. The molecule has 0 aromatic carbocycles. The Morgan fingerprint density at radius 3 is 3.27 bits per heavy atom. The zero-order valence-corrected chi connectivity index (χ0v) is 6.10. The Morgan fingerprint density at radius 1 is 1.27 bits per heavy atom. The normalized spacial score (nSPS) is 20.4. The Kier molecular flexibility index (Phi) is 1.52. The molecule has 0 saturated heterocycles. The van der Waals surface area contributed by atoms with Crippen LogP contribution < -0.4 is 0 Å². The quantitative estimate of drug-likeness (QED) is 0.517. The fourth-order valence-corrected chi connectivity index (χ4v) is 1.08. The molecule has 11 heavy (non-hydrogen) atoms. The second-order valence-corrected chi connectivity index (χ2v) is 2.36. The van der Waals surface area contributed by atoms with Crippen LogP contribution >= 0.6 is 0 Å². The monoisotopic (exact) mass is 147 g/mol. The smallest absolute Gasteiger partial charge is 0.108 e. The van der Waals surface area contributed by atoms with Crippen molar-refractivity contribution in [2.75, 3.05) is 6.61 Å². The zero-order chi connectivity index (χ0) is 7.52. The molecule has 2 heterocycles. The molecule has 0 saturated carbocycles. The van der Waals surface area contributed by atoms with Gasteiger partial charge in [-0.15, -0.1) is 0 Å². The second kappa shape index (κ2) is 2.66. The van der Waals surface area contributed by atoms with Crippen molar-refractivity contribution in [1.82, 2.24) is 4.90 Å². The minimum atomic E-state index is 0.653. The summed E-state index contributed by atoms with van der Waals surface area (Å²) in [7, 11) is 0. The van der Waals surface area contributed by atoms with Crippen molar-refractivity contribution in [2.24, 2.45) is 0 Å². The van der Waals surface area contributed by atoms with Crippen LogP contribution in [0.3, 0.4) is 0 Å². The highest BCUT2D eigenvalue weighted by molar-refractivity contribution is 5.30. The molecule has 0 aromatic rings. The van der Waals surface area contributed by atoms with Crippen molar-refractivity contribution in [3.63, 3.8) is 0 Å². The van der Waals surface area contributed by atoms with Crippen molar-refractivity contribution in [3.05, 3.63) is 48.7 Å². The van der Waals surface area contributed by atoms with Gasteiger partial charge in [0.15, 0.2) is 0 Å². The maximum atomic E-state index is 5.12. The van der Waals surface area contributed by atoms with E-state index >= 15 is 0 Å². The molecule has 0 spiro atoms. The number of hydrogen-bond donors (Lipinski definition) is 0. The van der Waals surface area contributed by atoms with Gasteiger partial charge >= 0.3 is 0 Å². The van der Waals surface area contributed by atoms with E-state index in [4.69, 9.17) is 4.74 Å². The van der Waals surface area contributed by atoms with Crippen LogP contribution in [0.1, 0.15) is 0 Å². The summed E-state index contributed by atoms with van der Waals surface area (Å²) >= 11 is 0. The molecular weight excluding hydrogens is 138 g/mol. The molecule has 2 aliphatic heterocycles. The fraction of sp³-hybridized carbons (Fsp3) is 0.111. The summed E-state index contributed by atoms with van der Waals surface area (Å²) < 4.78 is 5.12. The maximum Gasteiger partial charge on any atom is 0.108 e. The Morgan fingerprint density at radius 2 is 2.27 bits per heavy atom. The summed E-state index contributed by atoms with van der Waals surface area (Å²) in [6, 6.07) is 0. The van der Waals surface area contributed by atoms with Crippen molar-refractivity contribution >= 4 is 0 Å². The summed E-state index contributed by atoms with van der Waals surface area (Å²) in [5.41, 5.74) is 1.17. The second-order valence-electron chi connectivity index (χ2n) is 2.36. The Balaban J connectivity index is 2.31. The fourth-order valence-electron chi connectivity index (χ4n) is 1.08. The van der Waals surface area contributed by atoms with Gasteiger partial charge in [-0.2, -0.15) is 0 Å². The van der Waals surface area contributed by atoms with Gasteiger partial charge in [0, 0.05) is 18.1 Å². The molecule has 0 N–H and O–H groups in total. The minimum absolute atomic E-state index is 0.653. The molecule has 2 nitrogen and oxygen atoms in total. The lowest BCUT2D eigenvalue weighted by Crippen LogP contribution is -2.08. The SMILES string of the molecule is C1=CC2=CCOC=CN2C=C1. The van der Waals surface area contributed by atoms with Crippen LogP contribution in [0.15, 0.2) is 48.7 Å². The van der Waals surface area contributed by atoms with Crippen molar-refractivity contribution in [2.45, 2.75) is 0 Å². The zero-order valence-electron chi connectivity index (χ0n) is 6.10. The number of fused-ring (bicyclic) bond motifs is 1. The predicted molar refractivity (Wildman–Crippen MR) is 43.3 cm³/mol. The number of hydrogen-bond acceptors (Lipinski definition) is 2.